The summed E-state index contributed by atoms with van der Waals surface area (Å²) in [5.74, 6) is 0.537. The van der Waals surface area contributed by atoms with Crippen LogP contribution in [0.4, 0.5) is 16.3 Å². The number of nitrogens with zero attached hydrogens (tertiary/aromatic N) is 4. The first-order valence-corrected chi connectivity index (χ1v) is 12.8. The molecule has 0 aliphatic heterocycles. The molecule has 0 unspecified atom stereocenters. The Hall–Kier alpha value is -4.46. The number of hydrogen-bond donors (Lipinski definition) is 2. The van der Waals surface area contributed by atoms with E-state index in [2.05, 4.69) is 25.0 Å². The number of sulfonamides is 1. The molecule has 2 N–H and O–H groups in total. The predicted octanol–water partition coefficient (Wildman–Crippen LogP) is 2.81. The number of hydrogen-bond acceptors (Lipinski definition) is 10. The Morgan fingerprint density at radius 2 is 1.84 bits per heavy atom. The maximum atomic E-state index is 13.3. The number of amides is 1. The molecule has 0 atom stereocenters. The number of ether oxygens (including phenoxy) is 3. The minimum absolute atomic E-state index is 0.0163. The Bertz CT molecular complexity index is 1560. The largest absolute Gasteiger partial charge is 0.496 e. The lowest BCUT2D eigenvalue weighted by Crippen LogP contribution is -2.21. The second-order valence-corrected chi connectivity index (χ2v) is 10.1. The normalized spacial score (nSPS) is 11.3. The Kier molecular flexibility index (Phi) is 7.62. The van der Waals surface area contributed by atoms with Gasteiger partial charge in [0.2, 0.25) is 0 Å². The molecule has 14 heteroatoms. The third-order valence-corrected chi connectivity index (χ3v) is 7.03. The molecule has 0 bridgehead atoms. The average Bonchev–Trinajstić information content (AvgIpc) is 3.52. The van der Waals surface area contributed by atoms with E-state index in [1.54, 1.807) is 41.3 Å². The van der Waals surface area contributed by atoms with Crippen molar-refractivity contribution < 1.29 is 31.9 Å². The molecule has 0 aliphatic carbocycles. The minimum Gasteiger partial charge on any atom is -0.496 e. The van der Waals surface area contributed by atoms with Gasteiger partial charge in [-0.05, 0) is 29.8 Å². The fourth-order valence-electron chi connectivity index (χ4n) is 3.77. The van der Waals surface area contributed by atoms with Crippen LogP contribution in [0.15, 0.2) is 52.1 Å². The van der Waals surface area contributed by atoms with Crippen LogP contribution >= 0.6 is 0 Å². The summed E-state index contributed by atoms with van der Waals surface area (Å²) in [7, 11) is 3.78. The van der Waals surface area contributed by atoms with E-state index in [0.29, 0.717) is 23.3 Å². The topological polar surface area (TPSA) is 150 Å². The highest BCUT2D eigenvalue weighted by molar-refractivity contribution is 7.92. The zero-order valence-electron chi connectivity index (χ0n) is 21.5. The number of rotatable bonds is 10. The molecule has 4 rings (SSSR count). The van der Waals surface area contributed by atoms with E-state index >= 15 is 0 Å². The zero-order chi connectivity index (χ0) is 27.4. The van der Waals surface area contributed by atoms with Gasteiger partial charge in [-0.3, -0.25) is 9.40 Å². The Labute approximate surface area is 219 Å². The molecular weight excluding hydrogens is 516 g/mol. The van der Waals surface area contributed by atoms with Crippen molar-refractivity contribution in [2.75, 3.05) is 45.0 Å². The van der Waals surface area contributed by atoms with Crippen LogP contribution in [-0.2, 0) is 27.8 Å². The van der Waals surface area contributed by atoms with Crippen LogP contribution < -0.4 is 24.4 Å². The lowest BCUT2D eigenvalue weighted by molar-refractivity contribution is 0.170. The number of nitrogens with one attached hydrogen (secondary N) is 2. The Morgan fingerprint density at radius 1 is 1.08 bits per heavy atom. The quantitative estimate of drug-likeness (QED) is 0.305. The molecule has 13 nitrogen and oxygen atoms in total. The van der Waals surface area contributed by atoms with Crippen molar-refractivity contribution in [2.24, 2.45) is 0 Å². The molecule has 0 radical (unpaired) electrons. The summed E-state index contributed by atoms with van der Waals surface area (Å²) in [5, 5.41) is 11.2. The number of fused-ring (bicyclic) bond motifs is 1. The molecule has 2 aromatic heterocycles. The molecule has 38 heavy (non-hydrogen) atoms. The average molecular weight is 545 g/mol. The third kappa shape index (κ3) is 5.59. The van der Waals surface area contributed by atoms with Gasteiger partial charge in [-0.25, -0.2) is 13.2 Å². The van der Waals surface area contributed by atoms with E-state index in [1.807, 2.05) is 19.0 Å². The van der Waals surface area contributed by atoms with Crippen LogP contribution in [0.1, 0.15) is 11.1 Å². The van der Waals surface area contributed by atoms with Gasteiger partial charge in [0.25, 0.3) is 10.0 Å². The van der Waals surface area contributed by atoms with Crippen molar-refractivity contribution in [1.82, 2.24) is 20.3 Å². The Morgan fingerprint density at radius 3 is 2.53 bits per heavy atom. The number of methoxy groups -OCH3 is 3. The van der Waals surface area contributed by atoms with Gasteiger partial charge in [0.15, 0.2) is 11.4 Å². The van der Waals surface area contributed by atoms with Crippen LogP contribution in [0.3, 0.4) is 0 Å². The molecule has 4 aromatic rings. The van der Waals surface area contributed by atoms with Crippen LogP contribution in [0.2, 0.25) is 0 Å². The van der Waals surface area contributed by atoms with E-state index in [4.69, 9.17) is 14.0 Å². The van der Waals surface area contributed by atoms with Crippen molar-refractivity contribution >= 4 is 38.6 Å². The van der Waals surface area contributed by atoms with Crippen LogP contribution in [0.25, 0.3) is 11.0 Å². The van der Waals surface area contributed by atoms with Crippen molar-refractivity contribution in [2.45, 2.75) is 18.0 Å². The third-order valence-electron chi connectivity index (χ3n) is 5.66. The number of alkyl carbamates (subject to hydrolysis) is 1. The summed E-state index contributed by atoms with van der Waals surface area (Å²) in [4.78, 5) is 13.1. The zero-order valence-corrected chi connectivity index (χ0v) is 22.3. The highest BCUT2D eigenvalue weighted by atomic mass is 32.2. The van der Waals surface area contributed by atoms with Crippen molar-refractivity contribution in [3.63, 3.8) is 0 Å². The van der Waals surface area contributed by atoms with Gasteiger partial charge in [-0.2, -0.15) is 5.10 Å². The minimum atomic E-state index is -4.08. The molecule has 1 amide bonds. The van der Waals surface area contributed by atoms with Crippen molar-refractivity contribution in [3.05, 3.63) is 53.9 Å². The summed E-state index contributed by atoms with van der Waals surface area (Å²) in [6, 6.07) is 8.25. The van der Waals surface area contributed by atoms with E-state index in [-0.39, 0.29) is 23.0 Å². The van der Waals surface area contributed by atoms with Crippen LogP contribution in [0.5, 0.6) is 11.5 Å². The van der Waals surface area contributed by atoms with Crippen molar-refractivity contribution in [1.29, 1.82) is 0 Å². The molecular formula is C24H28N6O7S. The molecule has 0 aliphatic rings. The highest BCUT2D eigenvalue weighted by Gasteiger charge is 2.25. The van der Waals surface area contributed by atoms with Crippen LogP contribution in [-0.4, -0.2) is 64.9 Å². The first-order valence-electron chi connectivity index (χ1n) is 11.3. The fourth-order valence-corrected chi connectivity index (χ4v) is 4.93. The van der Waals surface area contributed by atoms with Gasteiger partial charge in [0.1, 0.15) is 21.8 Å². The standard InChI is InChI=1S/C24H28N6O7S/c1-29(2)17-6-7-21(18(10-17)34-3)38(32,33)28-23-22-19(35-4)8-15(9-20(22)37-27-23)13-30-14-16(12-26-30)11-25-24(31)36-5/h6-10,12,14H,11,13H2,1-5H3,(H,25,31)(H,27,28). The number of aromatic nitrogens is 3. The summed E-state index contributed by atoms with van der Waals surface area (Å²) in [6.07, 6.45) is 2.88. The SMILES string of the molecule is COC(=O)NCc1cnn(Cc2cc(OC)c3c(NS(=O)(=O)c4ccc(N(C)C)cc4OC)noc3c2)c1. The van der Waals surface area contributed by atoms with Gasteiger partial charge in [0.05, 0.1) is 34.1 Å². The van der Waals surface area contributed by atoms with Gasteiger partial charge >= 0.3 is 6.09 Å². The molecule has 0 fully saturated rings. The summed E-state index contributed by atoms with van der Waals surface area (Å²) < 4.78 is 51.6. The highest BCUT2D eigenvalue weighted by Crippen LogP contribution is 2.36. The number of carbonyl (C=O) groups is 1. The summed E-state index contributed by atoms with van der Waals surface area (Å²) in [6.45, 7) is 0.630. The van der Waals surface area contributed by atoms with Crippen molar-refractivity contribution in [3.8, 4) is 11.5 Å². The van der Waals surface area contributed by atoms with Crippen LogP contribution in [0, 0.1) is 0 Å². The smallest absolute Gasteiger partial charge is 0.407 e. The summed E-state index contributed by atoms with van der Waals surface area (Å²) in [5.41, 5.74) is 2.67. The lowest BCUT2D eigenvalue weighted by Gasteiger charge is -2.16. The lowest BCUT2D eigenvalue weighted by atomic mass is 10.1. The molecule has 202 valence electrons. The number of carbonyl (C=O) groups excluding carboxylic acids is 1. The maximum absolute atomic E-state index is 13.3. The Balaban J connectivity index is 1.59. The first kappa shape index (κ1) is 26.6. The van der Waals surface area contributed by atoms with Gasteiger partial charge in [0, 0.05) is 44.2 Å². The van der Waals surface area contributed by atoms with E-state index in [9.17, 15) is 13.2 Å². The fraction of sp³-hybridized carbons (Fsp3) is 0.292. The predicted molar refractivity (Wildman–Crippen MR) is 139 cm³/mol. The second-order valence-electron chi connectivity index (χ2n) is 8.43. The number of benzene rings is 2. The molecule has 0 saturated heterocycles. The van der Waals surface area contributed by atoms with Gasteiger partial charge < -0.3 is 29.0 Å². The van der Waals surface area contributed by atoms with Gasteiger partial charge in [-0.1, -0.05) is 5.16 Å². The summed E-state index contributed by atoms with van der Waals surface area (Å²) >= 11 is 0. The molecule has 0 saturated carbocycles. The second kappa shape index (κ2) is 10.9. The monoisotopic (exact) mass is 544 g/mol. The van der Waals surface area contributed by atoms with E-state index < -0.39 is 16.1 Å². The first-order chi connectivity index (χ1) is 18.1. The number of anilines is 2. The van der Waals surface area contributed by atoms with Gasteiger partial charge in [-0.15, -0.1) is 0 Å². The van der Waals surface area contributed by atoms with E-state index in [0.717, 1.165) is 16.8 Å². The molecule has 2 aromatic carbocycles. The van der Waals surface area contributed by atoms with E-state index in [1.165, 1.54) is 27.4 Å². The molecule has 2 heterocycles. The maximum Gasteiger partial charge on any atom is 0.407 e. The molecule has 0 spiro atoms.